The molecule has 0 saturated carbocycles. The summed E-state index contributed by atoms with van der Waals surface area (Å²) in [6.07, 6.45) is 1.57. The van der Waals surface area contributed by atoms with Crippen molar-refractivity contribution < 1.29 is 13.9 Å². The highest BCUT2D eigenvalue weighted by Gasteiger charge is 2.17. The van der Waals surface area contributed by atoms with E-state index in [-0.39, 0.29) is 0 Å². The second kappa shape index (κ2) is 6.53. The average Bonchev–Trinajstić information content (AvgIpc) is 3.25. The molecule has 3 N–H and O–H groups in total. The second-order valence-corrected chi connectivity index (χ2v) is 4.84. The van der Waals surface area contributed by atoms with E-state index in [1.54, 1.807) is 25.5 Å². The molecule has 0 spiro atoms. The number of ether oxygens (including phenoxy) is 2. The molecule has 3 rings (SSSR count). The first kappa shape index (κ1) is 15.1. The molecule has 0 aliphatic rings. The van der Waals surface area contributed by atoms with Crippen molar-refractivity contribution in [1.82, 2.24) is 15.2 Å². The van der Waals surface area contributed by atoms with Gasteiger partial charge in [0, 0.05) is 0 Å². The van der Waals surface area contributed by atoms with Gasteiger partial charge in [-0.05, 0) is 36.8 Å². The lowest BCUT2D eigenvalue weighted by Crippen LogP contribution is -2.14. The summed E-state index contributed by atoms with van der Waals surface area (Å²) in [5, 5.41) is 6.99. The molecule has 0 amide bonds. The molecule has 2 heterocycles. The van der Waals surface area contributed by atoms with Gasteiger partial charge in [0.05, 0.1) is 26.0 Å². The van der Waals surface area contributed by atoms with Crippen molar-refractivity contribution in [3.63, 3.8) is 0 Å². The zero-order chi connectivity index (χ0) is 16.2. The van der Waals surface area contributed by atoms with Crippen molar-refractivity contribution in [1.29, 1.82) is 0 Å². The Balaban J connectivity index is 1.88. The zero-order valence-corrected chi connectivity index (χ0v) is 12.9. The predicted molar refractivity (Wildman–Crippen MR) is 84.3 cm³/mol. The fraction of sp³-hybridized carbons (Fsp3) is 0.250. The minimum atomic E-state index is -0.462. The van der Waals surface area contributed by atoms with Gasteiger partial charge in [-0.3, -0.25) is 5.10 Å². The number of hydrogen-bond acceptors (Lipinski definition) is 6. The van der Waals surface area contributed by atoms with Gasteiger partial charge in [-0.25, -0.2) is 4.98 Å². The molecule has 0 radical (unpaired) electrons. The minimum Gasteiger partial charge on any atom is -0.493 e. The second-order valence-electron chi connectivity index (χ2n) is 4.84. The quantitative estimate of drug-likeness (QED) is 0.725. The largest absolute Gasteiger partial charge is 0.493 e. The summed E-state index contributed by atoms with van der Waals surface area (Å²) < 4.78 is 16.1. The summed E-state index contributed by atoms with van der Waals surface area (Å²) in [6.45, 7) is 2.46. The van der Waals surface area contributed by atoms with Gasteiger partial charge in [0.15, 0.2) is 17.3 Å². The summed E-state index contributed by atoms with van der Waals surface area (Å²) in [5.74, 6) is 2.91. The Labute approximate surface area is 133 Å². The molecule has 2 aromatic heterocycles. The molecule has 0 aliphatic carbocycles. The topological polar surface area (TPSA) is 99.2 Å². The Morgan fingerprint density at radius 2 is 2.17 bits per heavy atom. The maximum absolute atomic E-state index is 6.28. The van der Waals surface area contributed by atoms with Crippen LogP contribution < -0.4 is 15.2 Å². The van der Waals surface area contributed by atoms with Crippen LogP contribution in [0.15, 0.2) is 41.0 Å². The van der Waals surface area contributed by atoms with Gasteiger partial charge in [-0.15, -0.1) is 5.10 Å². The van der Waals surface area contributed by atoms with E-state index >= 15 is 0 Å². The fourth-order valence-corrected chi connectivity index (χ4v) is 2.24. The van der Waals surface area contributed by atoms with Crippen LogP contribution in [0, 0.1) is 0 Å². The first-order valence-corrected chi connectivity index (χ1v) is 7.25. The summed E-state index contributed by atoms with van der Waals surface area (Å²) in [7, 11) is 1.60. The Bertz CT molecular complexity index is 767. The van der Waals surface area contributed by atoms with Crippen LogP contribution in [0.2, 0.25) is 0 Å². The highest BCUT2D eigenvalue weighted by atomic mass is 16.5. The molecule has 0 unspecified atom stereocenters. The summed E-state index contributed by atoms with van der Waals surface area (Å²) in [4.78, 5) is 4.39. The third kappa shape index (κ3) is 3.04. The van der Waals surface area contributed by atoms with E-state index in [1.165, 1.54) is 0 Å². The molecule has 7 nitrogen and oxygen atoms in total. The molecule has 23 heavy (non-hydrogen) atoms. The van der Waals surface area contributed by atoms with Crippen molar-refractivity contribution in [2.24, 2.45) is 5.73 Å². The molecule has 0 aliphatic heterocycles. The summed E-state index contributed by atoms with van der Waals surface area (Å²) in [6, 6.07) is 8.66. The monoisotopic (exact) mass is 314 g/mol. The van der Waals surface area contributed by atoms with Crippen molar-refractivity contribution in [3.8, 4) is 23.1 Å². The van der Waals surface area contributed by atoms with Crippen LogP contribution in [-0.4, -0.2) is 28.9 Å². The number of hydrogen-bond donors (Lipinski definition) is 2. The van der Waals surface area contributed by atoms with Crippen molar-refractivity contribution in [3.05, 3.63) is 48.0 Å². The lowest BCUT2D eigenvalue weighted by molar-refractivity contribution is 0.310. The molecule has 0 saturated heterocycles. The number of methoxy groups -OCH3 is 1. The van der Waals surface area contributed by atoms with E-state index in [0.717, 1.165) is 5.56 Å². The smallest absolute Gasteiger partial charge is 0.216 e. The van der Waals surface area contributed by atoms with Crippen molar-refractivity contribution in [2.75, 3.05) is 13.7 Å². The van der Waals surface area contributed by atoms with Gasteiger partial charge in [0.25, 0.3) is 0 Å². The van der Waals surface area contributed by atoms with Gasteiger partial charge < -0.3 is 19.6 Å². The van der Waals surface area contributed by atoms with Crippen LogP contribution in [-0.2, 0) is 0 Å². The van der Waals surface area contributed by atoms with Crippen LogP contribution in [0.3, 0.4) is 0 Å². The third-order valence-corrected chi connectivity index (χ3v) is 3.39. The van der Waals surface area contributed by atoms with E-state index in [9.17, 15) is 0 Å². The maximum Gasteiger partial charge on any atom is 0.216 e. The molecule has 0 fully saturated rings. The van der Waals surface area contributed by atoms with E-state index in [4.69, 9.17) is 19.6 Å². The van der Waals surface area contributed by atoms with Gasteiger partial charge in [-0.1, -0.05) is 6.07 Å². The average molecular weight is 314 g/mol. The number of aromatic amines is 1. The van der Waals surface area contributed by atoms with E-state index in [1.807, 2.05) is 25.1 Å². The third-order valence-electron chi connectivity index (χ3n) is 3.39. The molecule has 1 aromatic carbocycles. The molecular weight excluding hydrogens is 296 g/mol. The number of nitrogens with zero attached hydrogens (tertiary/aromatic N) is 2. The first-order valence-electron chi connectivity index (χ1n) is 7.25. The lowest BCUT2D eigenvalue weighted by Gasteiger charge is -2.14. The first-order chi connectivity index (χ1) is 11.2. The Kier molecular flexibility index (Phi) is 4.29. The Morgan fingerprint density at radius 1 is 1.30 bits per heavy atom. The number of nitrogens with one attached hydrogen (secondary N) is 1. The summed E-state index contributed by atoms with van der Waals surface area (Å²) >= 11 is 0. The number of benzene rings is 1. The Hall–Kier alpha value is -2.80. The van der Waals surface area contributed by atoms with Gasteiger partial charge in [0.2, 0.25) is 5.82 Å². The highest BCUT2D eigenvalue weighted by molar-refractivity contribution is 5.47. The van der Waals surface area contributed by atoms with Crippen molar-refractivity contribution in [2.45, 2.75) is 13.0 Å². The van der Waals surface area contributed by atoms with Gasteiger partial charge in [0.1, 0.15) is 5.82 Å². The predicted octanol–water partition coefficient (Wildman–Crippen LogP) is 2.52. The van der Waals surface area contributed by atoms with Crippen molar-refractivity contribution >= 4 is 0 Å². The summed E-state index contributed by atoms with van der Waals surface area (Å²) in [5.41, 5.74) is 7.12. The number of H-pyrrole nitrogens is 1. The SMILES string of the molecule is CCOc1cc([C@H](N)c2nc(-c3ccco3)n[nH]2)ccc1OC. The standard InChI is InChI=1S/C16H18N4O3/c1-3-22-13-9-10(6-7-11(13)21-2)14(17)16-18-15(19-20-16)12-5-4-8-23-12/h4-9,14H,3,17H2,1-2H3,(H,18,19,20)/t14-/m0/s1. The van der Waals surface area contributed by atoms with Gasteiger partial charge in [-0.2, -0.15) is 0 Å². The van der Waals surface area contributed by atoms with Crippen LogP contribution in [0.1, 0.15) is 24.4 Å². The fourth-order valence-electron chi connectivity index (χ4n) is 2.24. The molecule has 1 atom stereocenters. The van der Waals surface area contributed by atoms with Crippen LogP contribution >= 0.6 is 0 Å². The maximum atomic E-state index is 6.28. The minimum absolute atomic E-state index is 0.462. The van der Waals surface area contributed by atoms with Crippen LogP contribution in [0.4, 0.5) is 0 Å². The van der Waals surface area contributed by atoms with Gasteiger partial charge >= 0.3 is 0 Å². The van der Waals surface area contributed by atoms with Crippen LogP contribution in [0.5, 0.6) is 11.5 Å². The molecule has 3 aromatic rings. The molecule has 0 bridgehead atoms. The van der Waals surface area contributed by atoms with Crippen LogP contribution in [0.25, 0.3) is 11.6 Å². The normalized spacial score (nSPS) is 12.1. The number of furan rings is 1. The Morgan fingerprint density at radius 3 is 2.87 bits per heavy atom. The highest BCUT2D eigenvalue weighted by Crippen LogP contribution is 2.31. The number of aromatic nitrogens is 3. The number of rotatable bonds is 6. The van der Waals surface area contributed by atoms with E-state index < -0.39 is 6.04 Å². The molecular formula is C16H18N4O3. The van der Waals surface area contributed by atoms with E-state index in [2.05, 4.69) is 15.2 Å². The molecule has 7 heteroatoms. The van der Waals surface area contributed by atoms with E-state index in [0.29, 0.717) is 35.5 Å². The number of nitrogens with two attached hydrogens (primary N) is 1. The molecule has 120 valence electrons. The lowest BCUT2D eigenvalue weighted by atomic mass is 10.1. The zero-order valence-electron chi connectivity index (χ0n) is 12.9.